The summed E-state index contributed by atoms with van der Waals surface area (Å²) in [4.78, 5) is 9.51. The minimum absolute atomic E-state index is 0.515. The minimum atomic E-state index is 0.515. The van der Waals surface area contributed by atoms with E-state index in [-0.39, 0.29) is 0 Å². The van der Waals surface area contributed by atoms with Gasteiger partial charge < -0.3 is 10.2 Å². The predicted molar refractivity (Wildman–Crippen MR) is 88.2 cm³/mol. The fourth-order valence-electron chi connectivity index (χ4n) is 2.65. The first-order valence-electron chi connectivity index (χ1n) is 8.21. The van der Waals surface area contributed by atoms with Crippen molar-refractivity contribution in [3.8, 4) is 0 Å². The summed E-state index contributed by atoms with van der Waals surface area (Å²) >= 11 is 0. The number of aromatic nitrogens is 1. The Bertz CT molecular complexity index is 396. The molecule has 4 heteroatoms. The first-order valence-corrected chi connectivity index (χ1v) is 8.21. The average Bonchev–Trinajstić information content (AvgIpc) is 2.98. The quantitative estimate of drug-likeness (QED) is 0.794. The van der Waals surface area contributed by atoms with E-state index in [2.05, 4.69) is 53.1 Å². The Morgan fingerprint density at radius 1 is 1.29 bits per heavy atom. The Hall–Kier alpha value is -0.970. The highest BCUT2D eigenvalue weighted by molar-refractivity contribution is 5.14. The predicted octanol–water partition coefficient (Wildman–Crippen LogP) is 2.11. The summed E-state index contributed by atoms with van der Waals surface area (Å²) in [6.45, 7) is 11.0. The Labute approximate surface area is 129 Å². The molecule has 1 aliphatic heterocycles. The standard InChI is InChI=1S/C17H30N4/c1-15(2)18-12-16-6-7-17(19-13-16)14-20(3)10-11-21-8-4-5-9-21/h6-7,13,15,18H,4-5,8-12,14H2,1-3H3. The summed E-state index contributed by atoms with van der Waals surface area (Å²) in [5.74, 6) is 0. The molecule has 4 nitrogen and oxygen atoms in total. The number of rotatable bonds is 8. The molecule has 0 unspecified atom stereocenters. The van der Waals surface area contributed by atoms with E-state index in [9.17, 15) is 0 Å². The maximum Gasteiger partial charge on any atom is 0.0544 e. The van der Waals surface area contributed by atoms with E-state index in [0.29, 0.717) is 6.04 Å². The van der Waals surface area contributed by atoms with Gasteiger partial charge in [-0.05, 0) is 44.6 Å². The fourth-order valence-corrected chi connectivity index (χ4v) is 2.65. The average molecular weight is 290 g/mol. The summed E-state index contributed by atoms with van der Waals surface area (Å²) < 4.78 is 0. The van der Waals surface area contributed by atoms with Gasteiger partial charge in [-0.1, -0.05) is 19.9 Å². The van der Waals surface area contributed by atoms with E-state index in [1.807, 2.05) is 6.20 Å². The largest absolute Gasteiger partial charge is 0.310 e. The molecule has 0 spiro atoms. The molecule has 0 radical (unpaired) electrons. The summed E-state index contributed by atoms with van der Waals surface area (Å²) in [6.07, 6.45) is 4.74. The van der Waals surface area contributed by atoms with E-state index in [0.717, 1.165) is 25.3 Å². The van der Waals surface area contributed by atoms with Gasteiger partial charge >= 0.3 is 0 Å². The number of pyridine rings is 1. The number of likely N-dealkylation sites (tertiary alicyclic amines) is 1. The second-order valence-electron chi connectivity index (χ2n) is 6.48. The molecular formula is C17H30N4. The van der Waals surface area contributed by atoms with Crippen LogP contribution in [0.3, 0.4) is 0 Å². The number of nitrogens with one attached hydrogen (secondary N) is 1. The van der Waals surface area contributed by atoms with Crippen molar-refractivity contribution >= 4 is 0 Å². The van der Waals surface area contributed by atoms with Crippen LogP contribution in [-0.4, -0.2) is 54.1 Å². The summed E-state index contributed by atoms with van der Waals surface area (Å²) in [6, 6.07) is 4.86. The lowest BCUT2D eigenvalue weighted by molar-refractivity contribution is 0.250. The summed E-state index contributed by atoms with van der Waals surface area (Å²) in [5, 5.41) is 3.42. The molecule has 0 saturated carbocycles. The zero-order chi connectivity index (χ0) is 15.1. The van der Waals surface area contributed by atoms with Crippen molar-refractivity contribution in [2.75, 3.05) is 33.2 Å². The van der Waals surface area contributed by atoms with Gasteiger partial charge in [-0.3, -0.25) is 9.88 Å². The van der Waals surface area contributed by atoms with Crippen molar-refractivity contribution < 1.29 is 0 Å². The lowest BCUT2D eigenvalue weighted by Crippen LogP contribution is -2.31. The minimum Gasteiger partial charge on any atom is -0.310 e. The molecule has 0 aromatic carbocycles. The Kier molecular flexibility index (Phi) is 6.61. The molecule has 0 aliphatic carbocycles. The normalized spacial score (nSPS) is 16.2. The lowest BCUT2D eigenvalue weighted by atomic mass is 10.2. The summed E-state index contributed by atoms with van der Waals surface area (Å²) in [5.41, 5.74) is 2.42. The van der Waals surface area contributed by atoms with Gasteiger partial charge in [0.1, 0.15) is 0 Å². The molecule has 2 rings (SSSR count). The Balaban J connectivity index is 1.71. The van der Waals surface area contributed by atoms with Crippen LogP contribution in [0.4, 0.5) is 0 Å². The van der Waals surface area contributed by atoms with Gasteiger partial charge in [0.25, 0.3) is 0 Å². The molecule has 1 N–H and O–H groups in total. The molecule has 2 heterocycles. The van der Waals surface area contributed by atoms with E-state index in [1.165, 1.54) is 38.0 Å². The van der Waals surface area contributed by atoms with Crippen LogP contribution < -0.4 is 5.32 Å². The second-order valence-corrected chi connectivity index (χ2v) is 6.48. The van der Waals surface area contributed by atoms with Gasteiger partial charge in [-0.15, -0.1) is 0 Å². The van der Waals surface area contributed by atoms with Crippen molar-refractivity contribution in [1.82, 2.24) is 20.1 Å². The molecular weight excluding hydrogens is 260 g/mol. The van der Waals surface area contributed by atoms with Crippen molar-refractivity contribution in [3.05, 3.63) is 29.6 Å². The molecule has 1 aromatic rings. The molecule has 1 aliphatic rings. The number of hydrogen-bond donors (Lipinski definition) is 1. The maximum absolute atomic E-state index is 4.58. The van der Waals surface area contributed by atoms with Crippen LogP contribution in [0.25, 0.3) is 0 Å². The highest BCUT2D eigenvalue weighted by atomic mass is 15.2. The third-order valence-corrected chi connectivity index (χ3v) is 4.03. The smallest absolute Gasteiger partial charge is 0.0544 e. The number of hydrogen-bond acceptors (Lipinski definition) is 4. The van der Waals surface area contributed by atoms with Crippen molar-refractivity contribution in [3.63, 3.8) is 0 Å². The van der Waals surface area contributed by atoms with Crippen molar-refractivity contribution in [2.45, 2.75) is 45.8 Å². The molecule has 0 bridgehead atoms. The van der Waals surface area contributed by atoms with E-state index < -0.39 is 0 Å². The van der Waals surface area contributed by atoms with Crippen LogP contribution in [0, 0.1) is 0 Å². The monoisotopic (exact) mass is 290 g/mol. The molecule has 21 heavy (non-hydrogen) atoms. The van der Waals surface area contributed by atoms with E-state index in [1.54, 1.807) is 0 Å². The van der Waals surface area contributed by atoms with Gasteiger partial charge in [0.2, 0.25) is 0 Å². The molecule has 1 saturated heterocycles. The van der Waals surface area contributed by atoms with Gasteiger partial charge in [0.05, 0.1) is 5.69 Å². The van der Waals surface area contributed by atoms with Crippen LogP contribution in [0.2, 0.25) is 0 Å². The zero-order valence-electron chi connectivity index (χ0n) is 13.8. The maximum atomic E-state index is 4.58. The van der Waals surface area contributed by atoms with Crippen LogP contribution in [0.1, 0.15) is 37.9 Å². The third-order valence-electron chi connectivity index (χ3n) is 4.03. The van der Waals surface area contributed by atoms with Gasteiger partial charge in [0, 0.05) is 38.4 Å². The Morgan fingerprint density at radius 3 is 2.67 bits per heavy atom. The SMILES string of the molecule is CC(C)NCc1ccc(CN(C)CCN2CCCC2)nc1. The fraction of sp³-hybridized carbons (Fsp3) is 0.706. The Morgan fingerprint density at radius 2 is 2.05 bits per heavy atom. The summed E-state index contributed by atoms with van der Waals surface area (Å²) in [7, 11) is 2.19. The molecule has 1 aromatic heterocycles. The van der Waals surface area contributed by atoms with Crippen LogP contribution in [0.15, 0.2) is 18.3 Å². The van der Waals surface area contributed by atoms with Crippen LogP contribution >= 0.6 is 0 Å². The van der Waals surface area contributed by atoms with Gasteiger partial charge in [0.15, 0.2) is 0 Å². The topological polar surface area (TPSA) is 31.4 Å². The van der Waals surface area contributed by atoms with Gasteiger partial charge in [-0.2, -0.15) is 0 Å². The molecule has 118 valence electrons. The van der Waals surface area contributed by atoms with E-state index >= 15 is 0 Å². The zero-order valence-corrected chi connectivity index (χ0v) is 13.8. The highest BCUT2D eigenvalue weighted by Gasteiger charge is 2.11. The van der Waals surface area contributed by atoms with Crippen LogP contribution in [0.5, 0.6) is 0 Å². The molecule has 0 amide bonds. The van der Waals surface area contributed by atoms with Gasteiger partial charge in [-0.25, -0.2) is 0 Å². The number of nitrogens with zero attached hydrogens (tertiary/aromatic N) is 3. The third kappa shape index (κ3) is 6.12. The van der Waals surface area contributed by atoms with E-state index in [4.69, 9.17) is 0 Å². The lowest BCUT2D eigenvalue weighted by Gasteiger charge is -2.21. The first-order chi connectivity index (χ1) is 10.1. The number of likely N-dealkylation sites (N-methyl/N-ethyl adjacent to an activating group) is 1. The molecule has 0 atom stereocenters. The highest BCUT2D eigenvalue weighted by Crippen LogP contribution is 2.07. The van der Waals surface area contributed by atoms with Crippen molar-refractivity contribution in [1.29, 1.82) is 0 Å². The van der Waals surface area contributed by atoms with Crippen molar-refractivity contribution in [2.24, 2.45) is 0 Å². The first kappa shape index (κ1) is 16.4. The second kappa shape index (κ2) is 8.47. The van der Waals surface area contributed by atoms with Crippen LogP contribution in [-0.2, 0) is 13.1 Å². The molecule has 1 fully saturated rings.